The summed E-state index contributed by atoms with van der Waals surface area (Å²) >= 11 is 0. The maximum Gasteiger partial charge on any atom is 0.416 e. The molecular formula is C25H24F4N4O2. The zero-order valence-electron chi connectivity index (χ0n) is 19.2. The molecule has 1 aliphatic heterocycles. The van der Waals surface area contributed by atoms with E-state index >= 15 is 0 Å². The second-order valence-electron chi connectivity index (χ2n) is 8.86. The molecule has 2 aromatic carbocycles. The van der Waals surface area contributed by atoms with Gasteiger partial charge in [-0.2, -0.15) is 18.3 Å². The summed E-state index contributed by atoms with van der Waals surface area (Å²) in [6.45, 7) is 4.45. The molecule has 35 heavy (non-hydrogen) atoms. The van der Waals surface area contributed by atoms with Crippen molar-refractivity contribution in [3.05, 3.63) is 82.4 Å². The Balaban J connectivity index is 1.51. The fraction of sp³-hybridized carbons (Fsp3) is 0.320. The average molecular weight is 488 g/mol. The highest BCUT2D eigenvalue weighted by molar-refractivity contribution is 5.84. The molecule has 1 fully saturated rings. The number of nitrogens with zero attached hydrogens (tertiary/aromatic N) is 4. The summed E-state index contributed by atoms with van der Waals surface area (Å²) < 4.78 is 53.6. The SMILES string of the molecule is CC(C)(C(=O)N1CCN(c2cccc(C(F)(F)F)c2)CC1)n1nc(-c2ccc(F)cc2)ccc1=O. The van der Waals surface area contributed by atoms with Crippen molar-refractivity contribution < 1.29 is 22.4 Å². The number of benzene rings is 2. The summed E-state index contributed by atoms with van der Waals surface area (Å²) in [6.07, 6.45) is -4.43. The van der Waals surface area contributed by atoms with Crippen LogP contribution in [0.25, 0.3) is 11.3 Å². The zero-order chi connectivity index (χ0) is 25.4. The monoisotopic (exact) mass is 488 g/mol. The quantitative estimate of drug-likeness (QED) is 0.518. The van der Waals surface area contributed by atoms with Crippen LogP contribution in [0.15, 0.2) is 65.5 Å². The standard InChI is InChI=1S/C25H24F4N4O2/c1-24(2,33-22(34)11-10-21(30-33)17-6-8-19(26)9-7-17)23(35)32-14-12-31(13-15-32)20-5-3-4-18(16-20)25(27,28)29/h3-11,16H,12-15H2,1-2H3. The third-order valence-corrected chi connectivity index (χ3v) is 6.10. The van der Waals surface area contributed by atoms with Crippen LogP contribution in [0.5, 0.6) is 0 Å². The van der Waals surface area contributed by atoms with Crippen molar-refractivity contribution in [2.24, 2.45) is 0 Å². The Labute approximate surface area is 199 Å². The van der Waals surface area contributed by atoms with Crippen molar-refractivity contribution in [1.82, 2.24) is 14.7 Å². The zero-order valence-corrected chi connectivity index (χ0v) is 19.2. The van der Waals surface area contributed by atoms with Gasteiger partial charge in [-0.25, -0.2) is 9.07 Å². The Kier molecular flexibility index (Phi) is 6.40. The molecule has 2 heterocycles. The summed E-state index contributed by atoms with van der Waals surface area (Å²) in [7, 11) is 0. The third-order valence-electron chi connectivity index (χ3n) is 6.10. The first-order valence-corrected chi connectivity index (χ1v) is 11.1. The molecule has 0 saturated carbocycles. The summed E-state index contributed by atoms with van der Waals surface area (Å²) in [5, 5.41) is 4.37. The van der Waals surface area contributed by atoms with Gasteiger partial charge in [0.15, 0.2) is 0 Å². The van der Waals surface area contributed by atoms with E-state index in [1.807, 2.05) is 0 Å². The molecule has 0 atom stereocenters. The Morgan fingerprint density at radius 3 is 2.20 bits per heavy atom. The first-order valence-electron chi connectivity index (χ1n) is 11.1. The van der Waals surface area contributed by atoms with Crippen LogP contribution in [-0.2, 0) is 16.5 Å². The van der Waals surface area contributed by atoms with E-state index < -0.39 is 28.7 Å². The van der Waals surface area contributed by atoms with Gasteiger partial charge in [0.05, 0.1) is 11.3 Å². The maximum atomic E-state index is 13.4. The lowest BCUT2D eigenvalue weighted by Crippen LogP contribution is -2.56. The summed E-state index contributed by atoms with van der Waals surface area (Å²) in [4.78, 5) is 29.4. The molecule has 0 bridgehead atoms. The molecule has 1 amide bonds. The van der Waals surface area contributed by atoms with Crippen LogP contribution in [0.2, 0.25) is 0 Å². The van der Waals surface area contributed by atoms with Crippen molar-refractivity contribution >= 4 is 11.6 Å². The molecule has 1 aliphatic rings. The Morgan fingerprint density at radius 1 is 0.914 bits per heavy atom. The van der Waals surface area contributed by atoms with Gasteiger partial charge >= 0.3 is 6.18 Å². The summed E-state index contributed by atoms with van der Waals surface area (Å²) in [5.41, 5.74) is -1.04. The largest absolute Gasteiger partial charge is 0.416 e. The molecule has 0 N–H and O–H groups in total. The third kappa shape index (κ3) is 5.06. The van der Waals surface area contributed by atoms with Gasteiger partial charge in [0.2, 0.25) is 5.91 Å². The normalized spacial score (nSPS) is 14.8. The van der Waals surface area contributed by atoms with E-state index in [9.17, 15) is 27.2 Å². The van der Waals surface area contributed by atoms with Gasteiger partial charge in [0, 0.05) is 43.5 Å². The molecule has 4 rings (SSSR count). The van der Waals surface area contributed by atoms with Gasteiger partial charge in [-0.1, -0.05) is 6.07 Å². The van der Waals surface area contributed by atoms with E-state index in [0.29, 0.717) is 30.0 Å². The molecule has 10 heteroatoms. The number of hydrogen-bond acceptors (Lipinski definition) is 4. The van der Waals surface area contributed by atoms with Crippen LogP contribution in [0.1, 0.15) is 19.4 Å². The molecular weight excluding hydrogens is 464 g/mol. The van der Waals surface area contributed by atoms with Gasteiger partial charge in [0.25, 0.3) is 5.56 Å². The number of alkyl halides is 3. The number of aromatic nitrogens is 2. The number of amides is 1. The molecule has 0 aliphatic carbocycles. The van der Waals surface area contributed by atoms with Crippen molar-refractivity contribution in [2.75, 3.05) is 31.1 Å². The molecule has 6 nitrogen and oxygen atoms in total. The minimum Gasteiger partial charge on any atom is -0.368 e. The number of anilines is 1. The van der Waals surface area contributed by atoms with E-state index in [-0.39, 0.29) is 19.0 Å². The molecule has 3 aromatic rings. The van der Waals surface area contributed by atoms with Crippen molar-refractivity contribution in [3.8, 4) is 11.3 Å². The first-order chi connectivity index (χ1) is 16.5. The van der Waals surface area contributed by atoms with Crippen LogP contribution >= 0.6 is 0 Å². The average Bonchev–Trinajstić information content (AvgIpc) is 2.84. The van der Waals surface area contributed by atoms with Gasteiger partial charge in [-0.05, 0) is 62.4 Å². The van der Waals surface area contributed by atoms with Crippen LogP contribution in [-0.4, -0.2) is 46.8 Å². The van der Waals surface area contributed by atoms with Crippen molar-refractivity contribution in [3.63, 3.8) is 0 Å². The van der Waals surface area contributed by atoms with Gasteiger partial charge in [-0.15, -0.1) is 0 Å². The smallest absolute Gasteiger partial charge is 0.368 e. The number of piperazine rings is 1. The van der Waals surface area contributed by atoms with Crippen LogP contribution in [0.4, 0.5) is 23.2 Å². The fourth-order valence-corrected chi connectivity index (χ4v) is 4.11. The lowest BCUT2D eigenvalue weighted by molar-refractivity contribution is -0.140. The minimum absolute atomic E-state index is 0.283. The van der Waals surface area contributed by atoms with E-state index in [4.69, 9.17) is 0 Å². The summed E-state index contributed by atoms with van der Waals surface area (Å²) in [6, 6.07) is 13.6. The Bertz CT molecular complexity index is 1280. The molecule has 0 unspecified atom stereocenters. The van der Waals surface area contributed by atoms with Gasteiger partial charge < -0.3 is 9.80 Å². The van der Waals surface area contributed by atoms with E-state index in [0.717, 1.165) is 16.8 Å². The predicted octanol–water partition coefficient (Wildman–Crippen LogP) is 4.15. The fourth-order valence-electron chi connectivity index (χ4n) is 4.11. The van der Waals surface area contributed by atoms with Gasteiger partial charge in [-0.3, -0.25) is 9.59 Å². The predicted molar refractivity (Wildman–Crippen MR) is 123 cm³/mol. The highest BCUT2D eigenvalue weighted by Crippen LogP contribution is 2.32. The van der Waals surface area contributed by atoms with Crippen LogP contribution < -0.4 is 10.5 Å². The van der Waals surface area contributed by atoms with Crippen molar-refractivity contribution in [2.45, 2.75) is 25.6 Å². The lowest BCUT2D eigenvalue weighted by Gasteiger charge is -2.39. The van der Waals surface area contributed by atoms with E-state index in [1.165, 1.54) is 42.5 Å². The minimum atomic E-state index is -4.43. The number of hydrogen-bond donors (Lipinski definition) is 0. The molecule has 1 aromatic heterocycles. The maximum absolute atomic E-state index is 13.4. The van der Waals surface area contributed by atoms with E-state index in [1.54, 1.807) is 29.7 Å². The molecule has 184 valence electrons. The lowest BCUT2D eigenvalue weighted by atomic mass is 10.0. The molecule has 1 saturated heterocycles. The van der Waals surface area contributed by atoms with Gasteiger partial charge in [0.1, 0.15) is 11.4 Å². The number of carbonyl (C=O) groups excluding carboxylic acids is 1. The van der Waals surface area contributed by atoms with E-state index in [2.05, 4.69) is 5.10 Å². The first kappa shape index (κ1) is 24.4. The number of carbonyl (C=O) groups is 1. The highest BCUT2D eigenvalue weighted by atomic mass is 19.4. The topological polar surface area (TPSA) is 58.4 Å². The molecule has 0 radical (unpaired) electrons. The van der Waals surface area contributed by atoms with Crippen LogP contribution in [0, 0.1) is 5.82 Å². The van der Waals surface area contributed by atoms with Crippen LogP contribution in [0.3, 0.4) is 0 Å². The number of halogens is 4. The van der Waals surface area contributed by atoms with Crippen molar-refractivity contribution in [1.29, 1.82) is 0 Å². The number of rotatable bonds is 4. The second kappa shape index (κ2) is 9.16. The second-order valence-corrected chi connectivity index (χ2v) is 8.86. The highest BCUT2D eigenvalue weighted by Gasteiger charge is 2.37. The Hall–Kier alpha value is -3.69. The Morgan fingerprint density at radius 2 is 1.57 bits per heavy atom. The summed E-state index contributed by atoms with van der Waals surface area (Å²) in [5.74, 6) is -0.728. The molecule has 0 spiro atoms.